The van der Waals surface area contributed by atoms with Gasteiger partial charge in [0.25, 0.3) is 0 Å². The lowest BCUT2D eigenvalue weighted by Gasteiger charge is -2.20. The zero-order valence-electron chi connectivity index (χ0n) is 12.9. The Morgan fingerprint density at radius 2 is 1.79 bits per heavy atom. The highest BCUT2D eigenvalue weighted by Gasteiger charge is 2.19. The molecule has 4 rings (SSSR count). The maximum atomic E-state index is 10.6. The third-order valence-electron chi connectivity index (χ3n) is 3.88. The minimum atomic E-state index is -0.698. The van der Waals surface area contributed by atoms with Crippen molar-refractivity contribution < 1.29 is 9.84 Å². The number of aliphatic hydroxyl groups excluding tert-OH is 1. The molecule has 120 valence electrons. The van der Waals surface area contributed by atoms with E-state index in [1.54, 1.807) is 31.3 Å². The van der Waals surface area contributed by atoms with Crippen molar-refractivity contribution in [2.24, 2.45) is 0 Å². The first-order valence-electron chi connectivity index (χ1n) is 7.46. The molecule has 0 aliphatic carbocycles. The summed E-state index contributed by atoms with van der Waals surface area (Å²) >= 11 is 1.57. The summed E-state index contributed by atoms with van der Waals surface area (Å²) in [6.07, 6.45) is 2.64. The van der Waals surface area contributed by atoms with Gasteiger partial charge in [-0.15, -0.1) is 0 Å². The van der Waals surface area contributed by atoms with Gasteiger partial charge in [-0.2, -0.15) is 0 Å². The maximum absolute atomic E-state index is 10.6. The molecule has 0 bridgehead atoms. The van der Waals surface area contributed by atoms with Crippen LogP contribution in [-0.4, -0.2) is 22.2 Å². The van der Waals surface area contributed by atoms with Crippen molar-refractivity contribution >= 4 is 23.3 Å². The van der Waals surface area contributed by atoms with Crippen molar-refractivity contribution in [3.8, 4) is 5.75 Å². The van der Waals surface area contributed by atoms with Gasteiger partial charge in [-0.1, -0.05) is 30.0 Å². The van der Waals surface area contributed by atoms with E-state index in [2.05, 4.69) is 15.3 Å². The van der Waals surface area contributed by atoms with E-state index >= 15 is 0 Å². The number of aliphatic hydroxyl groups is 1. The van der Waals surface area contributed by atoms with Gasteiger partial charge in [0.15, 0.2) is 5.82 Å². The molecule has 24 heavy (non-hydrogen) atoms. The Morgan fingerprint density at radius 3 is 2.58 bits per heavy atom. The highest BCUT2D eigenvalue weighted by molar-refractivity contribution is 7.99. The number of nitrogens with zero attached hydrogens (tertiary/aromatic N) is 2. The van der Waals surface area contributed by atoms with E-state index in [1.165, 1.54) is 0 Å². The SMILES string of the molecule is COc1ccc(C(O)c2ccc3c(c2)Nc2nccnc2S3)cc1. The number of ether oxygens (including phenoxy) is 1. The third-order valence-corrected chi connectivity index (χ3v) is 4.94. The number of aromatic nitrogens is 2. The zero-order chi connectivity index (χ0) is 16.5. The van der Waals surface area contributed by atoms with Crippen molar-refractivity contribution in [3.05, 3.63) is 66.0 Å². The number of hydrogen-bond donors (Lipinski definition) is 2. The Kier molecular flexibility index (Phi) is 3.84. The molecule has 0 saturated carbocycles. The van der Waals surface area contributed by atoms with Crippen molar-refractivity contribution in [3.63, 3.8) is 0 Å². The summed E-state index contributed by atoms with van der Waals surface area (Å²) in [5, 5.41) is 14.8. The van der Waals surface area contributed by atoms with Crippen LogP contribution in [-0.2, 0) is 0 Å². The normalized spacial score (nSPS) is 13.4. The maximum Gasteiger partial charge on any atom is 0.163 e. The fraction of sp³-hybridized carbons (Fsp3) is 0.111. The molecule has 0 amide bonds. The summed E-state index contributed by atoms with van der Waals surface area (Å²) in [6.45, 7) is 0. The summed E-state index contributed by atoms with van der Waals surface area (Å²) in [5.74, 6) is 1.51. The van der Waals surface area contributed by atoms with Crippen LogP contribution in [0.5, 0.6) is 5.75 Å². The fourth-order valence-electron chi connectivity index (χ4n) is 2.60. The van der Waals surface area contributed by atoms with E-state index in [0.717, 1.165) is 38.3 Å². The van der Waals surface area contributed by atoms with Crippen LogP contribution in [0.2, 0.25) is 0 Å². The summed E-state index contributed by atoms with van der Waals surface area (Å²) in [5.41, 5.74) is 2.57. The molecule has 2 N–H and O–H groups in total. The van der Waals surface area contributed by atoms with E-state index in [1.807, 2.05) is 42.5 Å². The molecule has 1 atom stereocenters. The number of rotatable bonds is 3. The number of anilines is 2. The van der Waals surface area contributed by atoms with Crippen LogP contribution in [0.25, 0.3) is 0 Å². The molecule has 0 radical (unpaired) electrons. The number of benzene rings is 2. The minimum absolute atomic E-state index is 0.698. The largest absolute Gasteiger partial charge is 0.497 e. The predicted molar refractivity (Wildman–Crippen MR) is 92.9 cm³/mol. The Bertz CT molecular complexity index is 884. The van der Waals surface area contributed by atoms with Crippen LogP contribution in [0.4, 0.5) is 11.5 Å². The Hall–Kier alpha value is -2.57. The van der Waals surface area contributed by atoms with E-state index in [4.69, 9.17) is 4.74 Å². The topological polar surface area (TPSA) is 67.3 Å². The molecule has 0 saturated heterocycles. The van der Waals surface area contributed by atoms with Gasteiger partial charge < -0.3 is 15.2 Å². The predicted octanol–water partition coefficient (Wildman–Crippen LogP) is 3.78. The molecule has 2 heterocycles. The van der Waals surface area contributed by atoms with Crippen molar-refractivity contribution in [1.29, 1.82) is 0 Å². The first-order chi connectivity index (χ1) is 11.7. The van der Waals surface area contributed by atoms with Gasteiger partial charge in [0, 0.05) is 17.3 Å². The van der Waals surface area contributed by atoms with Gasteiger partial charge in [0.05, 0.1) is 12.8 Å². The van der Waals surface area contributed by atoms with Gasteiger partial charge >= 0.3 is 0 Å². The lowest BCUT2D eigenvalue weighted by atomic mass is 10.0. The van der Waals surface area contributed by atoms with E-state index in [-0.39, 0.29) is 0 Å². The van der Waals surface area contributed by atoms with Gasteiger partial charge in [-0.05, 0) is 35.4 Å². The lowest BCUT2D eigenvalue weighted by molar-refractivity contribution is 0.220. The second kappa shape index (κ2) is 6.14. The average Bonchev–Trinajstić information content (AvgIpc) is 2.65. The molecule has 2 aromatic carbocycles. The fourth-order valence-corrected chi connectivity index (χ4v) is 3.48. The van der Waals surface area contributed by atoms with Crippen LogP contribution in [0.15, 0.2) is 64.8 Å². The third kappa shape index (κ3) is 2.70. The van der Waals surface area contributed by atoms with Gasteiger partial charge in [0.2, 0.25) is 0 Å². The summed E-state index contributed by atoms with van der Waals surface area (Å²) in [6, 6.07) is 13.3. The number of methoxy groups -OCH3 is 1. The molecule has 0 fully saturated rings. The molecule has 1 aliphatic rings. The van der Waals surface area contributed by atoms with Gasteiger partial charge in [0.1, 0.15) is 16.9 Å². The van der Waals surface area contributed by atoms with E-state index in [9.17, 15) is 5.11 Å². The zero-order valence-corrected chi connectivity index (χ0v) is 13.7. The average molecular weight is 337 g/mol. The Balaban J connectivity index is 1.63. The second-order valence-electron chi connectivity index (χ2n) is 5.37. The summed E-state index contributed by atoms with van der Waals surface area (Å²) in [4.78, 5) is 9.68. The highest BCUT2D eigenvalue weighted by Crippen LogP contribution is 2.43. The molecular weight excluding hydrogens is 322 g/mol. The quantitative estimate of drug-likeness (QED) is 0.593. The molecular formula is C18H15N3O2S. The number of nitrogens with one attached hydrogen (secondary N) is 1. The van der Waals surface area contributed by atoms with Gasteiger partial charge in [-0.3, -0.25) is 0 Å². The van der Waals surface area contributed by atoms with Crippen LogP contribution < -0.4 is 10.1 Å². The minimum Gasteiger partial charge on any atom is -0.497 e. The summed E-state index contributed by atoms with van der Waals surface area (Å²) < 4.78 is 5.16. The Labute approximate surface area is 143 Å². The van der Waals surface area contributed by atoms with Crippen molar-refractivity contribution in [2.75, 3.05) is 12.4 Å². The van der Waals surface area contributed by atoms with Crippen LogP contribution in [0.3, 0.4) is 0 Å². The summed E-state index contributed by atoms with van der Waals surface area (Å²) in [7, 11) is 1.62. The molecule has 1 unspecified atom stereocenters. The molecule has 6 heteroatoms. The first-order valence-corrected chi connectivity index (χ1v) is 8.28. The van der Waals surface area contributed by atoms with Crippen molar-refractivity contribution in [1.82, 2.24) is 9.97 Å². The van der Waals surface area contributed by atoms with Crippen LogP contribution in [0, 0.1) is 0 Å². The monoisotopic (exact) mass is 337 g/mol. The first kappa shape index (κ1) is 15.0. The van der Waals surface area contributed by atoms with E-state index < -0.39 is 6.10 Å². The van der Waals surface area contributed by atoms with Crippen molar-refractivity contribution in [2.45, 2.75) is 16.0 Å². The van der Waals surface area contributed by atoms with Crippen LogP contribution in [0.1, 0.15) is 17.2 Å². The van der Waals surface area contributed by atoms with Crippen LogP contribution >= 0.6 is 11.8 Å². The lowest BCUT2D eigenvalue weighted by Crippen LogP contribution is -2.06. The Morgan fingerprint density at radius 1 is 1.04 bits per heavy atom. The van der Waals surface area contributed by atoms with Gasteiger partial charge in [-0.25, -0.2) is 9.97 Å². The molecule has 5 nitrogen and oxygen atoms in total. The molecule has 1 aliphatic heterocycles. The van der Waals surface area contributed by atoms with E-state index in [0.29, 0.717) is 0 Å². The standard InChI is InChI=1S/C18H15N3O2S/c1-23-13-5-2-11(3-6-13)16(22)12-4-7-15-14(10-12)21-17-18(24-15)20-9-8-19-17/h2-10,16,22H,1H3,(H,19,21). The number of fused-ring (bicyclic) bond motifs is 2. The molecule has 3 aromatic rings. The molecule has 1 aromatic heterocycles. The molecule has 0 spiro atoms. The highest BCUT2D eigenvalue weighted by atomic mass is 32.2. The number of hydrogen-bond acceptors (Lipinski definition) is 6. The smallest absolute Gasteiger partial charge is 0.163 e. The second-order valence-corrected chi connectivity index (χ2v) is 6.40.